The summed E-state index contributed by atoms with van der Waals surface area (Å²) in [6.07, 6.45) is 2.75. The number of hydrogen-bond donors (Lipinski definition) is 3. The molecular weight excluding hydrogens is 218 g/mol. The van der Waals surface area contributed by atoms with Crippen molar-refractivity contribution in [3.05, 3.63) is 23.9 Å². The van der Waals surface area contributed by atoms with Gasteiger partial charge >= 0.3 is 0 Å². The molecule has 1 aromatic heterocycles. The van der Waals surface area contributed by atoms with Gasteiger partial charge in [0.15, 0.2) is 0 Å². The van der Waals surface area contributed by atoms with Gasteiger partial charge in [-0.15, -0.1) is 0 Å². The minimum absolute atomic E-state index is 0.521. The zero-order chi connectivity index (χ0) is 12.5. The van der Waals surface area contributed by atoms with E-state index < -0.39 is 0 Å². The third-order valence-electron chi connectivity index (χ3n) is 2.11. The van der Waals surface area contributed by atoms with Crippen LogP contribution in [0.1, 0.15) is 18.9 Å². The predicted molar refractivity (Wildman–Crippen MR) is 67.5 cm³/mol. The summed E-state index contributed by atoms with van der Waals surface area (Å²) in [5, 5.41) is 3.08. The van der Waals surface area contributed by atoms with Crippen LogP contribution in [0.2, 0.25) is 0 Å². The Bertz CT molecular complexity index is 349. The van der Waals surface area contributed by atoms with Crippen LogP contribution in [0, 0.1) is 0 Å². The van der Waals surface area contributed by atoms with Gasteiger partial charge in [-0.1, -0.05) is 13.0 Å². The van der Waals surface area contributed by atoms with Gasteiger partial charge in [0.1, 0.15) is 0 Å². The van der Waals surface area contributed by atoms with Gasteiger partial charge in [-0.2, -0.15) is 0 Å². The fourth-order valence-electron chi connectivity index (χ4n) is 1.19. The number of methoxy groups -OCH3 is 1. The highest BCUT2D eigenvalue weighted by Gasteiger charge is 1.97. The second-order valence-corrected chi connectivity index (χ2v) is 3.44. The van der Waals surface area contributed by atoms with E-state index in [2.05, 4.69) is 27.6 Å². The monoisotopic (exact) mass is 237 g/mol. The molecule has 0 aliphatic heterocycles. The van der Waals surface area contributed by atoms with Crippen molar-refractivity contribution >= 4 is 5.96 Å². The van der Waals surface area contributed by atoms with Crippen molar-refractivity contribution in [1.29, 1.82) is 0 Å². The van der Waals surface area contributed by atoms with Gasteiger partial charge in [0.05, 0.1) is 13.7 Å². The number of hydrazine groups is 1. The van der Waals surface area contributed by atoms with Crippen LogP contribution in [0.3, 0.4) is 0 Å². The molecular formula is C11H19N5O. The molecule has 0 aliphatic rings. The number of pyridine rings is 1. The standard InChI is InChI=1S/C11H19N5O/c1-3-6-13-11(16-12)15-8-9-4-5-10(17-2)14-7-9/h4-5,7H,3,6,8,12H2,1-2H3,(H2,13,15,16). The van der Waals surface area contributed by atoms with Crippen LogP contribution in [-0.2, 0) is 6.54 Å². The van der Waals surface area contributed by atoms with E-state index in [1.807, 2.05) is 6.07 Å². The first-order valence-corrected chi connectivity index (χ1v) is 5.54. The first-order chi connectivity index (χ1) is 8.30. The van der Waals surface area contributed by atoms with Crippen molar-refractivity contribution in [1.82, 2.24) is 15.7 Å². The molecule has 0 aromatic carbocycles. The normalized spacial score (nSPS) is 11.1. The van der Waals surface area contributed by atoms with Crippen LogP contribution < -0.4 is 21.3 Å². The molecule has 4 N–H and O–H groups in total. The lowest BCUT2D eigenvalue weighted by atomic mass is 10.3. The predicted octanol–water partition coefficient (Wildman–Crippen LogP) is 0.409. The topological polar surface area (TPSA) is 84.6 Å². The molecule has 0 fully saturated rings. The molecule has 17 heavy (non-hydrogen) atoms. The Morgan fingerprint density at radius 3 is 2.88 bits per heavy atom. The number of nitrogens with zero attached hydrogens (tertiary/aromatic N) is 2. The Morgan fingerprint density at radius 2 is 2.35 bits per heavy atom. The Morgan fingerprint density at radius 1 is 1.53 bits per heavy atom. The Labute approximate surface area is 101 Å². The molecule has 6 heteroatoms. The lowest BCUT2D eigenvalue weighted by molar-refractivity contribution is 0.397. The molecule has 0 unspecified atom stereocenters. The highest BCUT2D eigenvalue weighted by atomic mass is 16.5. The highest BCUT2D eigenvalue weighted by molar-refractivity contribution is 5.79. The maximum Gasteiger partial charge on any atom is 0.212 e. The highest BCUT2D eigenvalue weighted by Crippen LogP contribution is 2.07. The summed E-state index contributed by atoms with van der Waals surface area (Å²) in [6.45, 7) is 3.44. The van der Waals surface area contributed by atoms with E-state index in [0.29, 0.717) is 18.4 Å². The summed E-state index contributed by atoms with van der Waals surface area (Å²) >= 11 is 0. The summed E-state index contributed by atoms with van der Waals surface area (Å²) in [7, 11) is 1.59. The summed E-state index contributed by atoms with van der Waals surface area (Å²) in [5.41, 5.74) is 3.52. The molecule has 0 saturated heterocycles. The summed E-state index contributed by atoms with van der Waals surface area (Å²) < 4.78 is 4.98. The lowest BCUT2D eigenvalue weighted by Gasteiger charge is -2.07. The number of hydrogen-bond acceptors (Lipinski definition) is 4. The van der Waals surface area contributed by atoms with E-state index in [1.165, 1.54) is 0 Å². The van der Waals surface area contributed by atoms with Gasteiger partial charge in [0, 0.05) is 18.8 Å². The smallest absolute Gasteiger partial charge is 0.212 e. The fraction of sp³-hybridized carbons (Fsp3) is 0.455. The van der Waals surface area contributed by atoms with Gasteiger partial charge in [-0.25, -0.2) is 15.8 Å². The molecule has 0 aliphatic carbocycles. The van der Waals surface area contributed by atoms with E-state index in [9.17, 15) is 0 Å². The second-order valence-electron chi connectivity index (χ2n) is 3.44. The third kappa shape index (κ3) is 4.69. The number of aromatic nitrogens is 1. The van der Waals surface area contributed by atoms with Crippen molar-refractivity contribution in [3.63, 3.8) is 0 Å². The Balaban J connectivity index is 2.53. The molecule has 6 nitrogen and oxygen atoms in total. The van der Waals surface area contributed by atoms with E-state index in [1.54, 1.807) is 19.4 Å². The molecule has 0 amide bonds. The van der Waals surface area contributed by atoms with E-state index in [4.69, 9.17) is 10.6 Å². The van der Waals surface area contributed by atoms with E-state index >= 15 is 0 Å². The number of nitrogens with two attached hydrogens (primary N) is 1. The lowest BCUT2D eigenvalue weighted by Crippen LogP contribution is -2.41. The Hall–Kier alpha value is -1.82. The largest absolute Gasteiger partial charge is 0.481 e. The quantitative estimate of drug-likeness (QED) is 0.299. The third-order valence-corrected chi connectivity index (χ3v) is 2.11. The summed E-state index contributed by atoms with van der Waals surface area (Å²) in [6, 6.07) is 3.73. The SMILES string of the molecule is CCCNC(=NCc1ccc(OC)nc1)NN. The molecule has 1 rings (SSSR count). The van der Waals surface area contributed by atoms with Crippen molar-refractivity contribution in [2.24, 2.45) is 10.8 Å². The van der Waals surface area contributed by atoms with E-state index in [0.717, 1.165) is 18.5 Å². The van der Waals surface area contributed by atoms with Crippen molar-refractivity contribution in [2.45, 2.75) is 19.9 Å². The van der Waals surface area contributed by atoms with Gasteiger partial charge in [0.25, 0.3) is 0 Å². The average molecular weight is 237 g/mol. The maximum absolute atomic E-state index is 5.34. The van der Waals surface area contributed by atoms with Crippen molar-refractivity contribution in [2.75, 3.05) is 13.7 Å². The average Bonchev–Trinajstić information content (AvgIpc) is 2.39. The number of nitrogens with one attached hydrogen (secondary N) is 2. The van der Waals surface area contributed by atoms with Crippen molar-refractivity contribution in [3.8, 4) is 5.88 Å². The van der Waals surface area contributed by atoms with Gasteiger partial charge in [-0.3, -0.25) is 5.43 Å². The molecule has 0 radical (unpaired) electrons. The second kappa shape index (κ2) is 7.45. The summed E-state index contributed by atoms with van der Waals surface area (Å²) in [4.78, 5) is 8.39. The van der Waals surface area contributed by atoms with Crippen LogP contribution >= 0.6 is 0 Å². The van der Waals surface area contributed by atoms with Gasteiger partial charge in [0.2, 0.25) is 11.8 Å². The van der Waals surface area contributed by atoms with Gasteiger partial charge < -0.3 is 10.1 Å². The zero-order valence-corrected chi connectivity index (χ0v) is 10.2. The minimum Gasteiger partial charge on any atom is -0.481 e. The number of rotatable bonds is 5. The molecule has 0 atom stereocenters. The van der Waals surface area contributed by atoms with Crippen molar-refractivity contribution < 1.29 is 4.74 Å². The van der Waals surface area contributed by atoms with Gasteiger partial charge in [-0.05, 0) is 12.0 Å². The van der Waals surface area contributed by atoms with E-state index in [-0.39, 0.29) is 0 Å². The number of aliphatic imine (C=N–C) groups is 1. The molecule has 94 valence electrons. The first-order valence-electron chi connectivity index (χ1n) is 5.54. The Kier molecular flexibility index (Phi) is 5.81. The first kappa shape index (κ1) is 13.2. The summed E-state index contributed by atoms with van der Waals surface area (Å²) in [5.74, 6) is 6.53. The molecule has 1 aromatic rings. The fourth-order valence-corrected chi connectivity index (χ4v) is 1.19. The zero-order valence-electron chi connectivity index (χ0n) is 10.2. The van der Waals surface area contributed by atoms with Crippen LogP contribution in [-0.4, -0.2) is 24.6 Å². The van der Waals surface area contributed by atoms with Crippen LogP contribution in [0.25, 0.3) is 0 Å². The maximum atomic E-state index is 5.34. The van der Waals surface area contributed by atoms with Crippen LogP contribution in [0.4, 0.5) is 0 Å². The van der Waals surface area contributed by atoms with Crippen LogP contribution in [0.15, 0.2) is 23.3 Å². The van der Waals surface area contributed by atoms with Crippen LogP contribution in [0.5, 0.6) is 5.88 Å². The molecule has 0 bridgehead atoms. The number of guanidine groups is 1. The molecule has 0 spiro atoms. The molecule has 1 heterocycles. The minimum atomic E-state index is 0.521. The number of ether oxygens (including phenoxy) is 1. The molecule has 0 saturated carbocycles.